The highest BCUT2D eigenvalue weighted by Crippen LogP contribution is 2.25. The number of hydrogen-bond donors (Lipinski definition) is 1. The number of ether oxygens (including phenoxy) is 2. The molecule has 0 saturated heterocycles. The molecule has 19 heavy (non-hydrogen) atoms. The maximum atomic E-state index is 11.1. The Morgan fingerprint density at radius 2 is 2.26 bits per heavy atom. The molecular formula is C14H18ClNO3. The Hall–Kier alpha value is -1.52. The Labute approximate surface area is 118 Å². The van der Waals surface area contributed by atoms with Crippen molar-refractivity contribution < 1.29 is 14.3 Å². The summed E-state index contributed by atoms with van der Waals surface area (Å²) in [4.78, 5) is 11.1. The molecule has 0 heterocycles. The lowest BCUT2D eigenvalue weighted by Gasteiger charge is -2.10. The third-order valence-corrected chi connectivity index (χ3v) is 2.75. The molecule has 0 aliphatic heterocycles. The van der Waals surface area contributed by atoms with Crippen molar-refractivity contribution >= 4 is 17.6 Å². The largest absolute Gasteiger partial charge is 0.496 e. The minimum absolute atomic E-state index is 0.334. The van der Waals surface area contributed by atoms with Gasteiger partial charge in [0, 0.05) is 29.8 Å². The molecule has 0 bridgehead atoms. The molecule has 1 aromatic rings. The van der Waals surface area contributed by atoms with E-state index < -0.39 is 0 Å². The van der Waals surface area contributed by atoms with Crippen LogP contribution in [0.3, 0.4) is 0 Å². The van der Waals surface area contributed by atoms with Crippen molar-refractivity contribution in [3.05, 3.63) is 40.9 Å². The summed E-state index contributed by atoms with van der Waals surface area (Å²) in [5.74, 6) is 0.411. The van der Waals surface area contributed by atoms with Crippen LogP contribution >= 0.6 is 11.6 Å². The summed E-state index contributed by atoms with van der Waals surface area (Å²) in [6.45, 7) is 3.27. The van der Waals surface area contributed by atoms with Crippen LogP contribution < -0.4 is 10.1 Å². The summed E-state index contributed by atoms with van der Waals surface area (Å²) in [5.41, 5.74) is 0.899. The van der Waals surface area contributed by atoms with E-state index in [0.29, 0.717) is 24.7 Å². The van der Waals surface area contributed by atoms with Gasteiger partial charge in [0.25, 0.3) is 0 Å². The van der Waals surface area contributed by atoms with Crippen LogP contribution in [0.5, 0.6) is 5.75 Å². The lowest BCUT2D eigenvalue weighted by atomic mass is 10.2. The second kappa shape index (κ2) is 8.56. The summed E-state index contributed by atoms with van der Waals surface area (Å²) >= 11 is 6.10. The number of rotatable bonds is 7. The fourth-order valence-electron chi connectivity index (χ4n) is 1.53. The van der Waals surface area contributed by atoms with Crippen LogP contribution in [0.4, 0.5) is 0 Å². The zero-order valence-electron chi connectivity index (χ0n) is 11.1. The fourth-order valence-corrected chi connectivity index (χ4v) is 1.76. The first-order chi connectivity index (χ1) is 9.19. The molecule has 0 aliphatic carbocycles. The molecule has 0 aliphatic rings. The Balaban J connectivity index is 2.43. The molecule has 1 aromatic carbocycles. The van der Waals surface area contributed by atoms with Gasteiger partial charge in [-0.15, -0.1) is 0 Å². The highest BCUT2D eigenvalue weighted by atomic mass is 35.5. The molecule has 0 aromatic heterocycles. The molecular weight excluding hydrogens is 266 g/mol. The number of halogens is 1. The third kappa shape index (κ3) is 5.32. The van der Waals surface area contributed by atoms with Gasteiger partial charge in [-0.05, 0) is 19.1 Å². The number of benzene rings is 1. The minimum Gasteiger partial charge on any atom is -0.496 e. The van der Waals surface area contributed by atoms with Crippen molar-refractivity contribution in [2.45, 2.75) is 13.5 Å². The van der Waals surface area contributed by atoms with Gasteiger partial charge in [-0.2, -0.15) is 0 Å². The van der Waals surface area contributed by atoms with Gasteiger partial charge in [-0.25, -0.2) is 4.79 Å². The molecule has 0 amide bonds. The Kier molecular flexibility index (Phi) is 7.00. The zero-order chi connectivity index (χ0) is 14.1. The van der Waals surface area contributed by atoms with Gasteiger partial charge in [-0.1, -0.05) is 23.7 Å². The van der Waals surface area contributed by atoms with Crippen LogP contribution in [0.1, 0.15) is 12.5 Å². The van der Waals surface area contributed by atoms with Crippen molar-refractivity contribution in [3.8, 4) is 5.75 Å². The summed E-state index contributed by atoms with van der Waals surface area (Å²) in [6, 6.07) is 5.51. The normalized spacial score (nSPS) is 10.7. The molecule has 0 unspecified atom stereocenters. The smallest absolute Gasteiger partial charge is 0.330 e. The standard InChI is InChI=1S/C14H18ClNO3/c1-3-19-14(17)8-5-9-16-10-11-12(15)6-4-7-13(11)18-2/h4-8,16H,3,9-10H2,1-2H3/b8-5+. The fraction of sp³-hybridized carbons (Fsp3) is 0.357. The summed E-state index contributed by atoms with van der Waals surface area (Å²) in [6.07, 6.45) is 3.11. The van der Waals surface area contributed by atoms with Crippen LogP contribution in [-0.2, 0) is 16.1 Å². The number of hydrogen-bond acceptors (Lipinski definition) is 4. The Morgan fingerprint density at radius 1 is 1.47 bits per heavy atom. The predicted molar refractivity (Wildman–Crippen MR) is 75.5 cm³/mol. The van der Waals surface area contributed by atoms with Crippen LogP contribution in [-0.4, -0.2) is 26.2 Å². The average molecular weight is 284 g/mol. The highest BCUT2D eigenvalue weighted by Gasteiger charge is 2.06. The van der Waals surface area contributed by atoms with Crippen molar-refractivity contribution in [1.29, 1.82) is 0 Å². The lowest BCUT2D eigenvalue weighted by Crippen LogP contribution is -2.14. The van der Waals surface area contributed by atoms with E-state index in [1.54, 1.807) is 20.1 Å². The van der Waals surface area contributed by atoms with Crippen LogP contribution in [0.15, 0.2) is 30.4 Å². The van der Waals surface area contributed by atoms with E-state index in [9.17, 15) is 4.79 Å². The lowest BCUT2D eigenvalue weighted by molar-refractivity contribution is -0.137. The number of methoxy groups -OCH3 is 1. The second-order valence-electron chi connectivity index (χ2n) is 3.71. The van der Waals surface area contributed by atoms with Crippen molar-refractivity contribution in [1.82, 2.24) is 5.32 Å². The van der Waals surface area contributed by atoms with Crippen molar-refractivity contribution in [2.75, 3.05) is 20.3 Å². The third-order valence-electron chi connectivity index (χ3n) is 2.40. The van der Waals surface area contributed by atoms with E-state index in [2.05, 4.69) is 5.32 Å². The van der Waals surface area contributed by atoms with Crippen LogP contribution in [0.25, 0.3) is 0 Å². The van der Waals surface area contributed by atoms with Gasteiger partial charge in [0.15, 0.2) is 0 Å². The summed E-state index contributed by atoms with van der Waals surface area (Å²) in [7, 11) is 1.61. The molecule has 1 rings (SSSR count). The van der Waals surface area contributed by atoms with E-state index in [-0.39, 0.29) is 5.97 Å². The first-order valence-electron chi connectivity index (χ1n) is 6.04. The number of nitrogens with one attached hydrogen (secondary N) is 1. The Bertz CT molecular complexity index is 446. The first-order valence-corrected chi connectivity index (χ1v) is 6.42. The van der Waals surface area contributed by atoms with Crippen molar-refractivity contribution in [3.63, 3.8) is 0 Å². The zero-order valence-corrected chi connectivity index (χ0v) is 11.9. The minimum atomic E-state index is -0.334. The quantitative estimate of drug-likeness (QED) is 0.475. The SMILES string of the molecule is CCOC(=O)/C=C/CNCc1c(Cl)cccc1OC. The van der Waals surface area contributed by atoms with Gasteiger partial charge in [0.05, 0.1) is 13.7 Å². The van der Waals surface area contributed by atoms with E-state index in [1.807, 2.05) is 18.2 Å². The molecule has 0 spiro atoms. The average Bonchev–Trinajstić information content (AvgIpc) is 2.40. The number of esters is 1. The summed E-state index contributed by atoms with van der Waals surface area (Å²) in [5, 5.41) is 3.81. The highest BCUT2D eigenvalue weighted by molar-refractivity contribution is 6.31. The van der Waals surface area contributed by atoms with Gasteiger partial charge >= 0.3 is 5.97 Å². The Morgan fingerprint density at radius 3 is 2.95 bits per heavy atom. The summed E-state index contributed by atoms with van der Waals surface area (Å²) < 4.78 is 10.0. The van der Waals surface area contributed by atoms with Crippen molar-refractivity contribution in [2.24, 2.45) is 0 Å². The monoisotopic (exact) mass is 283 g/mol. The van der Waals surface area contributed by atoms with E-state index in [0.717, 1.165) is 11.3 Å². The first kappa shape index (κ1) is 15.5. The van der Waals surface area contributed by atoms with Gasteiger partial charge in [0.1, 0.15) is 5.75 Å². The van der Waals surface area contributed by atoms with Crippen LogP contribution in [0, 0.1) is 0 Å². The molecule has 0 saturated carbocycles. The molecule has 4 nitrogen and oxygen atoms in total. The molecule has 5 heteroatoms. The number of carbonyl (C=O) groups is 1. The van der Waals surface area contributed by atoms with Gasteiger partial charge in [0.2, 0.25) is 0 Å². The van der Waals surface area contributed by atoms with Gasteiger partial charge in [-0.3, -0.25) is 0 Å². The molecule has 1 N–H and O–H groups in total. The maximum absolute atomic E-state index is 11.1. The topological polar surface area (TPSA) is 47.6 Å². The van der Waals surface area contributed by atoms with Gasteiger partial charge < -0.3 is 14.8 Å². The van der Waals surface area contributed by atoms with Crippen LogP contribution in [0.2, 0.25) is 5.02 Å². The van der Waals surface area contributed by atoms with E-state index in [1.165, 1.54) is 6.08 Å². The van der Waals surface area contributed by atoms with E-state index in [4.69, 9.17) is 21.1 Å². The maximum Gasteiger partial charge on any atom is 0.330 e. The second-order valence-corrected chi connectivity index (χ2v) is 4.11. The molecule has 0 radical (unpaired) electrons. The number of carbonyl (C=O) groups excluding carboxylic acids is 1. The molecule has 104 valence electrons. The predicted octanol–water partition coefficient (Wildman–Crippen LogP) is 2.56. The molecule has 0 fully saturated rings. The molecule has 0 atom stereocenters. The van der Waals surface area contributed by atoms with E-state index >= 15 is 0 Å².